The quantitative estimate of drug-likeness (QED) is 0.311. The van der Waals surface area contributed by atoms with Gasteiger partial charge in [-0.2, -0.15) is 0 Å². The highest BCUT2D eigenvalue weighted by molar-refractivity contribution is 7.99. The van der Waals surface area contributed by atoms with E-state index in [0.29, 0.717) is 18.2 Å². The molecule has 3 aromatic carbocycles. The number of hydrogen-bond donors (Lipinski definition) is 1. The van der Waals surface area contributed by atoms with Gasteiger partial charge in [-0.25, -0.2) is 0 Å². The Hall–Kier alpha value is -3.78. The second kappa shape index (κ2) is 12.1. The lowest BCUT2D eigenvalue weighted by Crippen LogP contribution is -2.25. The molecule has 0 fully saturated rings. The lowest BCUT2D eigenvalue weighted by atomic mass is 10.1. The van der Waals surface area contributed by atoms with Crippen LogP contribution < -0.4 is 14.8 Å². The Kier molecular flexibility index (Phi) is 8.40. The fraction of sp³-hybridized carbons (Fsp3) is 0.222. The molecule has 0 atom stereocenters. The molecule has 0 unspecified atom stereocenters. The molecule has 1 N–H and O–H groups in total. The van der Waals surface area contributed by atoms with E-state index < -0.39 is 0 Å². The van der Waals surface area contributed by atoms with Crippen molar-refractivity contribution in [1.82, 2.24) is 20.1 Å². The van der Waals surface area contributed by atoms with Crippen molar-refractivity contribution < 1.29 is 14.3 Å². The smallest absolute Gasteiger partial charge is 0.230 e. The van der Waals surface area contributed by atoms with Crippen molar-refractivity contribution in [1.29, 1.82) is 0 Å². The molecular weight excluding hydrogens is 460 g/mol. The summed E-state index contributed by atoms with van der Waals surface area (Å²) in [6.07, 6.45) is 0.814. The summed E-state index contributed by atoms with van der Waals surface area (Å²) < 4.78 is 13.0. The number of nitrogens with zero attached hydrogens (tertiary/aromatic N) is 3. The van der Waals surface area contributed by atoms with E-state index in [1.165, 1.54) is 17.3 Å². The fourth-order valence-corrected chi connectivity index (χ4v) is 4.53. The van der Waals surface area contributed by atoms with Crippen LogP contribution in [0.5, 0.6) is 11.5 Å². The third-order valence-corrected chi connectivity index (χ3v) is 6.50. The summed E-state index contributed by atoms with van der Waals surface area (Å²) in [5.41, 5.74) is 3.01. The van der Waals surface area contributed by atoms with E-state index in [4.69, 9.17) is 9.47 Å². The van der Waals surface area contributed by atoms with Crippen LogP contribution in [-0.2, 0) is 24.3 Å². The molecule has 0 saturated carbocycles. The highest BCUT2D eigenvalue weighted by Crippen LogP contribution is 2.31. The van der Waals surface area contributed by atoms with Crippen LogP contribution in [0.2, 0.25) is 0 Å². The summed E-state index contributed by atoms with van der Waals surface area (Å²) in [5.74, 6) is 2.34. The number of aromatic nitrogens is 3. The van der Waals surface area contributed by atoms with Crippen molar-refractivity contribution in [3.05, 3.63) is 90.0 Å². The minimum atomic E-state index is -0.0858. The third kappa shape index (κ3) is 6.22. The maximum atomic E-state index is 12.6. The fourth-order valence-electron chi connectivity index (χ4n) is 3.74. The summed E-state index contributed by atoms with van der Waals surface area (Å²) >= 11 is 1.37. The second-order valence-electron chi connectivity index (χ2n) is 7.77. The number of methoxy groups -OCH3 is 2. The number of amides is 1. The zero-order chi connectivity index (χ0) is 24.5. The molecule has 0 spiro atoms. The molecule has 0 aliphatic rings. The molecule has 8 heteroatoms. The number of carbonyl (C=O) groups excluding carboxylic acids is 1. The number of nitrogens with one attached hydrogen (secondary N) is 1. The second-order valence-corrected chi connectivity index (χ2v) is 8.71. The third-order valence-electron chi connectivity index (χ3n) is 5.53. The van der Waals surface area contributed by atoms with Gasteiger partial charge in [-0.05, 0) is 30.2 Å². The first-order chi connectivity index (χ1) is 17.2. The predicted molar refractivity (Wildman–Crippen MR) is 138 cm³/mol. The number of hydrogen-bond acceptors (Lipinski definition) is 6. The molecule has 0 bridgehead atoms. The highest BCUT2D eigenvalue weighted by Gasteiger charge is 2.18. The lowest BCUT2D eigenvalue weighted by molar-refractivity contribution is -0.118. The van der Waals surface area contributed by atoms with Crippen LogP contribution in [0.15, 0.2) is 84.0 Å². The molecule has 1 aromatic heterocycles. The van der Waals surface area contributed by atoms with E-state index >= 15 is 0 Å². The molecule has 1 heterocycles. The summed E-state index contributed by atoms with van der Waals surface area (Å²) in [5, 5.41) is 12.5. The van der Waals surface area contributed by atoms with Gasteiger partial charge in [0.1, 0.15) is 11.5 Å². The van der Waals surface area contributed by atoms with Crippen molar-refractivity contribution in [3.8, 4) is 22.9 Å². The van der Waals surface area contributed by atoms with E-state index in [-0.39, 0.29) is 11.7 Å². The molecule has 0 saturated heterocycles. The number of aryl methyl sites for hydroxylation is 1. The molecule has 0 radical (unpaired) electrons. The Bertz CT molecular complexity index is 1260. The molecule has 7 nitrogen and oxygen atoms in total. The number of rotatable bonds is 11. The Labute approximate surface area is 209 Å². The summed E-state index contributed by atoms with van der Waals surface area (Å²) in [4.78, 5) is 12.6. The van der Waals surface area contributed by atoms with Crippen molar-refractivity contribution in [2.24, 2.45) is 0 Å². The van der Waals surface area contributed by atoms with Gasteiger partial charge in [0.25, 0.3) is 0 Å². The molecule has 1 amide bonds. The normalized spacial score (nSPS) is 10.7. The van der Waals surface area contributed by atoms with Crippen LogP contribution in [-0.4, -0.2) is 40.6 Å². The van der Waals surface area contributed by atoms with E-state index in [1.54, 1.807) is 14.2 Å². The summed E-state index contributed by atoms with van der Waals surface area (Å²) in [6.45, 7) is 1.08. The van der Waals surface area contributed by atoms with Crippen molar-refractivity contribution >= 4 is 17.7 Å². The Balaban J connectivity index is 1.49. The highest BCUT2D eigenvalue weighted by atomic mass is 32.2. The average molecular weight is 489 g/mol. The van der Waals surface area contributed by atoms with Crippen LogP contribution in [0.25, 0.3) is 11.4 Å². The van der Waals surface area contributed by atoms with Gasteiger partial charge in [-0.3, -0.25) is 4.79 Å². The monoisotopic (exact) mass is 488 g/mol. The van der Waals surface area contributed by atoms with Gasteiger partial charge in [0, 0.05) is 18.7 Å². The van der Waals surface area contributed by atoms with E-state index in [9.17, 15) is 4.79 Å². The van der Waals surface area contributed by atoms with Gasteiger partial charge in [0.05, 0.1) is 25.5 Å². The van der Waals surface area contributed by atoms with Gasteiger partial charge >= 0.3 is 0 Å². The zero-order valence-corrected chi connectivity index (χ0v) is 20.6. The molecule has 0 aliphatic carbocycles. The predicted octanol–water partition coefficient (Wildman–Crippen LogP) is 4.61. The molecule has 0 aliphatic heterocycles. The van der Waals surface area contributed by atoms with Crippen LogP contribution in [0.1, 0.15) is 11.1 Å². The number of carbonyl (C=O) groups is 1. The topological polar surface area (TPSA) is 78.3 Å². The van der Waals surface area contributed by atoms with Crippen LogP contribution in [0.3, 0.4) is 0 Å². The number of para-hydroxylation sites is 2. The van der Waals surface area contributed by atoms with E-state index in [2.05, 4.69) is 32.2 Å². The molecule has 35 heavy (non-hydrogen) atoms. The zero-order valence-electron chi connectivity index (χ0n) is 19.8. The standard InChI is InChI=1S/C27H28N4O3S/c1-33-23-14-8-6-12-21(23)18-28-25(32)19-35-27-30-29-26(22-13-7-9-15-24(22)34-2)31(27)17-16-20-10-4-3-5-11-20/h3-15H,16-19H2,1-2H3,(H,28,32). The first kappa shape index (κ1) is 24.3. The number of benzene rings is 3. The maximum absolute atomic E-state index is 12.6. The maximum Gasteiger partial charge on any atom is 0.230 e. The summed E-state index contributed by atoms with van der Waals surface area (Å²) in [7, 11) is 3.27. The van der Waals surface area contributed by atoms with Gasteiger partial charge in [0.15, 0.2) is 11.0 Å². The minimum absolute atomic E-state index is 0.0858. The molecule has 4 rings (SSSR count). The SMILES string of the molecule is COc1ccccc1CNC(=O)CSc1nnc(-c2ccccc2OC)n1CCc1ccccc1. The first-order valence-electron chi connectivity index (χ1n) is 11.3. The van der Waals surface area contributed by atoms with Gasteiger partial charge in [0.2, 0.25) is 5.91 Å². The van der Waals surface area contributed by atoms with Crippen LogP contribution in [0, 0.1) is 0 Å². The van der Waals surface area contributed by atoms with E-state index in [1.807, 2.05) is 66.7 Å². The van der Waals surface area contributed by atoms with Crippen molar-refractivity contribution in [3.63, 3.8) is 0 Å². The molecule has 4 aromatic rings. The van der Waals surface area contributed by atoms with Gasteiger partial charge in [-0.1, -0.05) is 72.4 Å². The van der Waals surface area contributed by atoms with Crippen molar-refractivity contribution in [2.45, 2.75) is 24.7 Å². The van der Waals surface area contributed by atoms with Crippen LogP contribution in [0.4, 0.5) is 0 Å². The van der Waals surface area contributed by atoms with Crippen LogP contribution >= 0.6 is 11.8 Å². The lowest BCUT2D eigenvalue weighted by Gasteiger charge is -2.13. The largest absolute Gasteiger partial charge is 0.496 e. The number of ether oxygens (including phenoxy) is 2. The van der Waals surface area contributed by atoms with Gasteiger partial charge in [-0.15, -0.1) is 10.2 Å². The first-order valence-corrected chi connectivity index (χ1v) is 12.3. The molecule has 180 valence electrons. The van der Waals surface area contributed by atoms with Crippen molar-refractivity contribution in [2.75, 3.05) is 20.0 Å². The summed E-state index contributed by atoms with van der Waals surface area (Å²) in [6, 6.07) is 25.7. The molecular formula is C27H28N4O3S. The average Bonchev–Trinajstić information content (AvgIpc) is 3.32. The van der Waals surface area contributed by atoms with Gasteiger partial charge < -0.3 is 19.4 Å². The minimum Gasteiger partial charge on any atom is -0.496 e. The Morgan fingerprint density at radius 1 is 0.886 bits per heavy atom. The van der Waals surface area contributed by atoms with E-state index in [0.717, 1.165) is 34.9 Å². The Morgan fingerprint density at radius 3 is 2.34 bits per heavy atom. The Morgan fingerprint density at radius 2 is 1.57 bits per heavy atom. The number of thioether (sulfide) groups is 1.